The molecule has 0 aromatic heterocycles. The molecule has 172 valence electrons. The van der Waals surface area contributed by atoms with Crippen LogP contribution in [-0.2, 0) is 26.5 Å². The minimum absolute atomic E-state index is 0.319. The lowest BCUT2D eigenvalue weighted by molar-refractivity contribution is 0.265. The zero-order chi connectivity index (χ0) is 23.8. The van der Waals surface area contributed by atoms with Gasteiger partial charge in [0.05, 0.1) is 0 Å². The molecule has 0 atom stereocenters. The van der Waals surface area contributed by atoms with Gasteiger partial charge in [-0.1, -0.05) is 97.1 Å². The average molecular weight is 478 g/mol. The van der Waals surface area contributed by atoms with Crippen LogP contribution < -0.4 is 0 Å². The Morgan fingerprint density at radius 2 is 0.914 bits per heavy atom. The highest BCUT2D eigenvalue weighted by atomic mass is 31.2. The number of phosphoric ester groups is 1. The summed E-state index contributed by atoms with van der Waals surface area (Å²) in [6.07, 6.45) is 5.06. The number of rotatable bonds is 4. The Labute approximate surface area is 204 Å². The summed E-state index contributed by atoms with van der Waals surface area (Å²) in [6.45, 7) is 0. The molecule has 6 rings (SSSR count). The first-order valence-corrected chi connectivity index (χ1v) is 13.0. The molecule has 0 saturated carbocycles. The second-order valence-corrected chi connectivity index (χ2v) is 10.0. The van der Waals surface area contributed by atoms with Gasteiger partial charge in [0.2, 0.25) is 0 Å². The zero-order valence-electron chi connectivity index (χ0n) is 18.9. The predicted octanol–water partition coefficient (Wildman–Crippen LogP) is 7.33. The Morgan fingerprint density at radius 1 is 0.543 bits per heavy atom. The molecule has 0 heterocycles. The van der Waals surface area contributed by atoms with Crippen molar-refractivity contribution < 1.29 is 18.5 Å². The SMILES string of the molecule is O=P(O)(OC1=Cc2ccccc2Cc2ccccc21)OC1=Cc2ccccc2Cc2ccccc21. The predicted molar refractivity (Wildman–Crippen MR) is 139 cm³/mol. The quantitative estimate of drug-likeness (QED) is 0.312. The van der Waals surface area contributed by atoms with E-state index in [0.717, 1.165) is 44.5 Å². The van der Waals surface area contributed by atoms with Gasteiger partial charge in [-0.15, -0.1) is 0 Å². The maximum Gasteiger partial charge on any atom is 0.584 e. The van der Waals surface area contributed by atoms with Crippen molar-refractivity contribution in [2.45, 2.75) is 12.8 Å². The van der Waals surface area contributed by atoms with E-state index in [1.807, 2.05) is 97.1 Å². The summed E-state index contributed by atoms with van der Waals surface area (Å²) in [7, 11) is -4.54. The van der Waals surface area contributed by atoms with Crippen molar-refractivity contribution in [2.75, 3.05) is 0 Å². The molecule has 0 saturated heterocycles. The van der Waals surface area contributed by atoms with Crippen LogP contribution in [0.2, 0.25) is 0 Å². The monoisotopic (exact) mass is 478 g/mol. The van der Waals surface area contributed by atoms with Crippen molar-refractivity contribution in [2.24, 2.45) is 0 Å². The molecule has 5 heteroatoms. The number of phosphoric acid groups is 1. The summed E-state index contributed by atoms with van der Waals surface area (Å²) in [4.78, 5) is 11.0. The van der Waals surface area contributed by atoms with Gasteiger partial charge in [0.1, 0.15) is 11.5 Å². The van der Waals surface area contributed by atoms with E-state index in [4.69, 9.17) is 9.05 Å². The van der Waals surface area contributed by atoms with Gasteiger partial charge in [-0.05, 0) is 58.4 Å². The van der Waals surface area contributed by atoms with Crippen molar-refractivity contribution in [1.29, 1.82) is 0 Å². The molecule has 0 bridgehead atoms. The first kappa shape index (κ1) is 21.7. The molecule has 0 spiro atoms. The standard InChI is InChI=1S/C30H23O4P/c31-35(32,33-29-19-23-11-3-1-9-21(23)17-25-13-5-7-15-27(25)29)34-30-20-24-12-4-2-10-22(24)18-26-14-6-8-16-28(26)30/h1-16,19-20H,17-18H2,(H,31,32). The highest BCUT2D eigenvalue weighted by molar-refractivity contribution is 7.48. The third kappa shape index (κ3) is 4.35. The smallest absolute Gasteiger partial charge is 0.395 e. The van der Waals surface area contributed by atoms with Crippen LogP contribution in [0.5, 0.6) is 0 Å². The molecular weight excluding hydrogens is 455 g/mol. The van der Waals surface area contributed by atoms with Crippen LogP contribution in [0.4, 0.5) is 0 Å². The van der Waals surface area contributed by atoms with Gasteiger partial charge < -0.3 is 9.05 Å². The van der Waals surface area contributed by atoms with Gasteiger partial charge in [-0.2, -0.15) is 0 Å². The molecular formula is C30H23O4P. The zero-order valence-corrected chi connectivity index (χ0v) is 19.8. The van der Waals surface area contributed by atoms with Gasteiger partial charge in [-0.25, -0.2) is 4.57 Å². The van der Waals surface area contributed by atoms with Crippen LogP contribution in [0.15, 0.2) is 97.1 Å². The van der Waals surface area contributed by atoms with Gasteiger partial charge in [-0.3, -0.25) is 4.89 Å². The third-order valence-electron chi connectivity index (χ3n) is 6.44. The first-order valence-electron chi connectivity index (χ1n) is 11.5. The topological polar surface area (TPSA) is 55.8 Å². The maximum absolute atomic E-state index is 13.4. The van der Waals surface area contributed by atoms with E-state index in [9.17, 15) is 9.46 Å². The molecule has 0 unspecified atom stereocenters. The van der Waals surface area contributed by atoms with Crippen LogP contribution in [0.3, 0.4) is 0 Å². The van der Waals surface area contributed by atoms with Crippen LogP contribution in [0.1, 0.15) is 44.5 Å². The molecule has 35 heavy (non-hydrogen) atoms. The average Bonchev–Trinajstić information content (AvgIpc) is 3.11. The highest BCUT2D eigenvalue weighted by Gasteiger charge is 2.31. The van der Waals surface area contributed by atoms with Crippen molar-refractivity contribution in [1.82, 2.24) is 0 Å². The van der Waals surface area contributed by atoms with E-state index >= 15 is 0 Å². The number of fused-ring (bicyclic) bond motifs is 4. The van der Waals surface area contributed by atoms with Gasteiger partial charge in [0.25, 0.3) is 0 Å². The lowest BCUT2D eigenvalue weighted by atomic mass is 10.00. The molecule has 0 radical (unpaired) electrons. The van der Waals surface area contributed by atoms with Crippen LogP contribution >= 0.6 is 7.82 Å². The molecule has 2 aliphatic carbocycles. The second-order valence-electron chi connectivity index (χ2n) is 8.73. The Balaban J connectivity index is 1.39. The Hall–Kier alpha value is -3.85. The van der Waals surface area contributed by atoms with Gasteiger partial charge in [0, 0.05) is 11.1 Å². The van der Waals surface area contributed by atoms with Crippen molar-refractivity contribution in [3.05, 3.63) is 142 Å². The molecule has 4 aromatic rings. The van der Waals surface area contributed by atoms with Gasteiger partial charge >= 0.3 is 7.82 Å². The number of hydrogen-bond acceptors (Lipinski definition) is 3. The van der Waals surface area contributed by atoms with E-state index in [0.29, 0.717) is 24.4 Å². The summed E-state index contributed by atoms with van der Waals surface area (Å²) < 4.78 is 25.0. The fourth-order valence-corrected chi connectivity index (χ4v) is 5.60. The Bertz CT molecular complexity index is 1440. The van der Waals surface area contributed by atoms with E-state index in [1.54, 1.807) is 0 Å². The van der Waals surface area contributed by atoms with Crippen LogP contribution in [0, 0.1) is 0 Å². The molecule has 1 N–H and O–H groups in total. The maximum atomic E-state index is 13.4. The highest BCUT2D eigenvalue weighted by Crippen LogP contribution is 2.53. The second kappa shape index (κ2) is 8.74. The Morgan fingerprint density at radius 3 is 1.37 bits per heavy atom. The van der Waals surface area contributed by atoms with Crippen molar-refractivity contribution in [3.8, 4) is 0 Å². The minimum atomic E-state index is -4.54. The van der Waals surface area contributed by atoms with E-state index < -0.39 is 7.82 Å². The fourth-order valence-electron chi connectivity index (χ4n) is 4.77. The van der Waals surface area contributed by atoms with Crippen molar-refractivity contribution >= 4 is 31.5 Å². The van der Waals surface area contributed by atoms with E-state index in [1.165, 1.54) is 0 Å². The Kier molecular flexibility index (Phi) is 5.41. The third-order valence-corrected chi connectivity index (χ3v) is 7.29. The van der Waals surface area contributed by atoms with Crippen molar-refractivity contribution in [3.63, 3.8) is 0 Å². The number of benzene rings is 4. The molecule has 0 aliphatic heterocycles. The largest absolute Gasteiger partial charge is 0.584 e. The van der Waals surface area contributed by atoms with Crippen LogP contribution in [0.25, 0.3) is 23.7 Å². The number of hydrogen-bond donors (Lipinski definition) is 1. The van der Waals surface area contributed by atoms with E-state index in [-0.39, 0.29) is 0 Å². The van der Waals surface area contributed by atoms with Gasteiger partial charge in [0.15, 0.2) is 0 Å². The molecule has 0 amide bonds. The molecule has 2 aliphatic rings. The summed E-state index contributed by atoms with van der Waals surface area (Å²) in [5.41, 5.74) is 7.77. The lowest BCUT2D eigenvalue weighted by Gasteiger charge is -2.19. The summed E-state index contributed by atoms with van der Waals surface area (Å²) in [5.74, 6) is 0.638. The summed E-state index contributed by atoms with van der Waals surface area (Å²) in [5, 5.41) is 0. The summed E-state index contributed by atoms with van der Waals surface area (Å²) in [6, 6.07) is 31.5. The summed E-state index contributed by atoms with van der Waals surface area (Å²) >= 11 is 0. The first-order chi connectivity index (χ1) is 17.1. The lowest BCUT2D eigenvalue weighted by Crippen LogP contribution is -1.99. The fraction of sp³-hybridized carbons (Fsp3) is 0.0667. The minimum Gasteiger partial charge on any atom is -0.395 e. The molecule has 4 nitrogen and oxygen atoms in total. The molecule has 0 fully saturated rings. The normalized spacial score (nSPS) is 14.1. The van der Waals surface area contributed by atoms with E-state index in [2.05, 4.69) is 12.1 Å². The van der Waals surface area contributed by atoms with Crippen LogP contribution in [-0.4, -0.2) is 4.89 Å². The molecule has 4 aromatic carbocycles.